The van der Waals surface area contributed by atoms with Crippen LogP contribution in [-0.2, 0) is 19.6 Å². The number of hydrogen-bond acceptors (Lipinski definition) is 4. The first-order valence-electron chi connectivity index (χ1n) is 6.50. The third-order valence-corrected chi connectivity index (χ3v) is 4.27. The number of hydrogen-bond donors (Lipinski definition) is 3. The van der Waals surface area contributed by atoms with Crippen LogP contribution in [0.1, 0.15) is 31.4 Å². The topological polar surface area (TPSA) is 118 Å². The highest BCUT2D eigenvalue weighted by molar-refractivity contribution is 7.89. The maximum Gasteiger partial charge on any atom is 0.243 e. The highest BCUT2D eigenvalue weighted by Gasteiger charge is 2.28. The van der Waals surface area contributed by atoms with Crippen molar-refractivity contribution in [2.24, 2.45) is 5.14 Å². The number of primary sulfonamides is 1. The molecule has 1 aromatic carbocycles. The van der Waals surface area contributed by atoms with Gasteiger partial charge in [0, 0.05) is 6.42 Å². The van der Waals surface area contributed by atoms with Crippen LogP contribution in [-0.4, -0.2) is 26.3 Å². The van der Waals surface area contributed by atoms with E-state index in [0.29, 0.717) is 18.4 Å². The minimum absolute atomic E-state index is 0.00438. The Balaban J connectivity index is 2.08. The molecule has 1 saturated heterocycles. The van der Waals surface area contributed by atoms with Crippen molar-refractivity contribution in [3.63, 3.8) is 0 Å². The van der Waals surface area contributed by atoms with E-state index < -0.39 is 22.1 Å². The summed E-state index contributed by atoms with van der Waals surface area (Å²) >= 11 is 0. The molecule has 2 atom stereocenters. The zero-order chi connectivity index (χ0) is 15.6. The van der Waals surface area contributed by atoms with E-state index in [2.05, 4.69) is 10.6 Å². The summed E-state index contributed by atoms with van der Waals surface area (Å²) in [6.07, 6.45) is 0.808. The first-order chi connectivity index (χ1) is 9.77. The van der Waals surface area contributed by atoms with Crippen molar-refractivity contribution >= 4 is 21.8 Å². The largest absolute Gasteiger partial charge is 0.348 e. The van der Waals surface area contributed by atoms with Crippen molar-refractivity contribution in [3.8, 4) is 0 Å². The van der Waals surface area contributed by atoms with Gasteiger partial charge < -0.3 is 10.6 Å². The number of nitrogens with one attached hydrogen (secondary N) is 2. The molecule has 1 heterocycles. The Morgan fingerprint density at radius 3 is 2.76 bits per heavy atom. The van der Waals surface area contributed by atoms with Gasteiger partial charge in [-0.05, 0) is 31.0 Å². The van der Waals surface area contributed by atoms with Crippen LogP contribution < -0.4 is 15.8 Å². The fourth-order valence-electron chi connectivity index (χ4n) is 2.17. The molecule has 21 heavy (non-hydrogen) atoms. The zero-order valence-corrected chi connectivity index (χ0v) is 12.3. The van der Waals surface area contributed by atoms with Gasteiger partial charge in [0.05, 0.1) is 10.9 Å². The number of benzene rings is 1. The van der Waals surface area contributed by atoms with E-state index in [9.17, 15) is 18.0 Å². The lowest BCUT2D eigenvalue weighted by Crippen LogP contribution is -2.42. The van der Waals surface area contributed by atoms with E-state index >= 15 is 0 Å². The quantitative estimate of drug-likeness (QED) is 0.713. The summed E-state index contributed by atoms with van der Waals surface area (Å²) in [5.41, 5.74) is 0.624. The van der Waals surface area contributed by atoms with Crippen LogP contribution in [0.15, 0.2) is 29.2 Å². The van der Waals surface area contributed by atoms with Crippen molar-refractivity contribution < 1.29 is 18.0 Å². The summed E-state index contributed by atoms with van der Waals surface area (Å²) in [5.74, 6) is -0.423. The molecule has 8 heteroatoms. The first kappa shape index (κ1) is 15.5. The van der Waals surface area contributed by atoms with Crippen molar-refractivity contribution in [3.05, 3.63) is 29.8 Å². The lowest BCUT2D eigenvalue weighted by atomic mass is 10.1. The first-order valence-corrected chi connectivity index (χ1v) is 8.04. The van der Waals surface area contributed by atoms with Crippen LogP contribution in [0, 0.1) is 0 Å². The molecule has 0 saturated carbocycles. The van der Waals surface area contributed by atoms with E-state index in [4.69, 9.17) is 5.14 Å². The Bertz CT molecular complexity index is 672. The maximum absolute atomic E-state index is 12.0. The Hall–Kier alpha value is -1.93. The van der Waals surface area contributed by atoms with Gasteiger partial charge in [0.1, 0.15) is 6.04 Å². The summed E-state index contributed by atoms with van der Waals surface area (Å²) in [6, 6.07) is 5.16. The van der Waals surface area contributed by atoms with Gasteiger partial charge in [0.25, 0.3) is 0 Å². The predicted molar refractivity (Wildman–Crippen MR) is 75.5 cm³/mol. The zero-order valence-electron chi connectivity index (χ0n) is 11.5. The van der Waals surface area contributed by atoms with Crippen LogP contribution in [0.5, 0.6) is 0 Å². The van der Waals surface area contributed by atoms with E-state index in [0.717, 1.165) is 0 Å². The summed E-state index contributed by atoms with van der Waals surface area (Å²) in [6.45, 7) is 1.73. The molecule has 0 bridgehead atoms. The van der Waals surface area contributed by atoms with Gasteiger partial charge in [-0.1, -0.05) is 12.1 Å². The highest BCUT2D eigenvalue weighted by Crippen LogP contribution is 2.17. The smallest absolute Gasteiger partial charge is 0.243 e. The Labute approximate surface area is 123 Å². The van der Waals surface area contributed by atoms with Crippen LogP contribution in [0.3, 0.4) is 0 Å². The predicted octanol–water partition coefficient (Wildman–Crippen LogP) is -0.210. The SMILES string of the molecule is CC(NC(=O)C1CCC(=O)N1)c1cccc(S(N)(=O)=O)c1. The molecule has 1 aliphatic heterocycles. The fourth-order valence-corrected chi connectivity index (χ4v) is 2.74. The number of amides is 2. The monoisotopic (exact) mass is 311 g/mol. The van der Waals surface area contributed by atoms with Gasteiger partial charge in [0.15, 0.2) is 0 Å². The van der Waals surface area contributed by atoms with Crippen LogP contribution in [0.4, 0.5) is 0 Å². The second-order valence-electron chi connectivity index (χ2n) is 5.01. The Kier molecular flexibility index (Phi) is 4.29. The standard InChI is InChI=1S/C13H17N3O4S/c1-8(15-13(18)11-5-6-12(17)16-11)9-3-2-4-10(7-9)21(14,19)20/h2-4,7-8,11H,5-6H2,1H3,(H,15,18)(H,16,17)(H2,14,19,20). The third kappa shape index (κ3) is 3.79. The molecule has 1 aromatic rings. The molecule has 1 fully saturated rings. The van der Waals surface area contributed by atoms with Crippen LogP contribution in [0.2, 0.25) is 0 Å². The molecule has 114 valence electrons. The average molecular weight is 311 g/mol. The van der Waals surface area contributed by atoms with Gasteiger partial charge in [0.2, 0.25) is 21.8 Å². The average Bonchev–Trinajstić information content (AvgIpc) is 2.84. The van der Waals surface area contributed by atoms with Crippen molar-refractivity contribution in [1.82, 2.24) is 10.6 Å². The maximum atomic E-state index is 12.0. The minimum Gasteiger partial charge on any atom is -0.348 e. The number of sulfonamides is 1. The molecule has 4 N–H and O–H groups in total. The number of carbonyl (C=O) groups is 2. The van der Waals surface area contributed by atoms with E-state index in [1.54, 1.807) is 19.1 Å². The second-order valence-corrected chi connectivity index (χ2v) is 6.57. The van der Waals surface area contributed by atoms with E-state index in [1.165, 1.54) is 12.1 Å². The molecule has 0 spiro atoms. The highest BCUT2D eigenvalue weighted by atomic mass is 32.2. The minimum atomic E-state index is -3.78. The number of carbonyl (C=O) groups excluding carboxylic acids is 2. The molecular formula is C13H17N3O4S. The molecule has 2 unspecified atom stereocenters. The van der Waals surface area contributed by atoms with Crippen LogP contribution >= 0.6 is 0 Å². The molecule has 2 amide bonds. The molecular weight excluding hydrogens is 294 g/mol. The summed E-state index contributed by atoms with van der Waals surface area (Å²) < 4.78 is 22.6. The normalized spacial score (nSPS) is 19.9. The lowest BCUT2D eigenvalue weighted by Gasteiger charge is -2.18. The summed E-state index contributed by atoms with van der Waals surface area (Å²) in [5, 5.41) is 10.4. The van der Waals surface area contributed by atoms with Gasteiger partial charge in [-0.2, -0.15) is 0 Å². The lowest BCUT2D eigenvalue weighted by molar-refractivity contribution is -0.126. The molecule has 7 nitrogen and oxygen atoms in total. The Morgan fingerprint density at radius 1 is 1.48 bits per heavy atom. The van der Waals surface area contributed by atoms with Gasteiger partial charge >= 0.3 is 0 Å². The van der Waals surface area contributed by atoms with Gasteiger partial charge in [-0.3, -0.25) is 9.59 Å². The molecule has 0 aromatic heterocycles. The van der Waals surface area contributed by atoms with Crippen molar-refractivity contribution in [2.45, 2.75) is 36.7 Å². The Morgan fingerprint density at radius 2 is 2.19 bits per heavy atom. The molecule has 0 aliphatic carbocycles. The fraction of sp³-hybridized carbons (Fsp3) is 0.385. The summed E-state index contributed by atoms with van der Waals surface area (Å²) in [4.78, 5) is 23.1. The molecule has 1 aliphatic rings. The van der Waals surface area contributed by atoms with Crippen molar-refractivity contribution in [1.29, 1.82) is 0 Å². The molecule has 0 radical (unpaired) electrons. The van der Waals surface area contributed by atoms with Gasteiger partial charge in [-0.15, -0.1) is 0 Å². The number of rotatable bonds is 4. The third-order valence-electron chi connectivity index (χ3n) is 3.36. The summed E-state index contributed by atoms with van der Waals surface area (Å²) in [7, 11) is -3.78. The van der Waals surface area contributed by atoms with Crippen LogP contribution in [0.25, 0.3) is 0 Å². The second kappa shape index (κ2) is 5.82. The van der Waals surface area contributed by atoms with E-state index in [1.807, 2.05) is 0 Å². The van der Waals surface area contributed by atoms with Crippen molar-refractivity contribution in [2.75, 3.05) is 0 Å². The number of nitrogens with two attached hydrogens (primary N) is 1. The van der Waals surface area contributed by atoms with E-state index in [-0.39, 0.29) is 16.7 Å². The molecule has 2 rings (SSSR count). The van der Waals surface area contributed by atoms with Gasteiger partial charge in [-0.25, -0.2) is 13.6 Å².